The van der Waals surface area contributed by atoms with Crippen LogP contribution in [-0.2, 0) is 0 Å². The fourth-order valence-corrected chi connectivity index (χ4v) is 4.14. The Balaban J connectivity index is 1.85. The van der Waals surface area contributed by atoms with Gasteiger partial charge in [0.2, 0.25) is 0 Å². The number of ether oxygens (including phenoxy) is 1. The summed E-state index contributed by atoms with van der Waals surface area (Å²) in [5.74, 6) is 2.03. The van der Waals surface area contributed by atoms with Crippen molar-refractivity contribution in [1.82, 2.24) is 5.32 Å². The molecule has 1 spiro atoms. The van der Waals surface area contributed by atoms with Gasteiger partial charge in [-0.2, -0.15) is 0 Å². The van der Waals surface area contributed by atoms with E-state index in [1.165, 1.54) is 43.2 Å². The largest absolute Gasteiger partial charge is 0.487 e. The van der Waals surface area contributed by atoms with Gasteiger partial charge in [-0.3, -0.25) is 0 Å². The van der Waals surface area contributed by atoms with Crippen LogP contribution in [0.25, 0.3) is 0 Å². The zero-order chi connectivity index (χ0) is 14.9. The minimum Gasteiger partial charge on any atom is -0.487 e. The summed E-state index contributed by atoms with van der Waals surface area (Å²) in [5, 5.41) is 3.68. The molecule has 1 aliphatic heterocycles. The fourth-order valence-electron chi connectivity index (χ4n) is 4.14. The molecule has 1 N–H and O–H groups in total. The third-order valence-electron chi connectivity index (χ3n) is 5.49. The summed E-state index contributed by atoms with van der Waals surface area (Å²) in [6.45, 7) is 7.71. The van der Waals surface area contributed by atoms with E-state index in [4.69, 9.17) is 4.74 Å². The van der Waals surface area contributed by atoms with Crippen LogP contribution in [0.5, 0.6) is 5.75 Å². The van der Waals surface area contributed by atoms with Gasteiger partial charge >= 0.3 is 0 Å². The molecule has 0 aromatic heterocycles. The minimum atomic E-state index is 0.0841. The van der Waals surface area contributed by atoms with Crippen LogP contribution >= 0.6 is 0 Å². The maximum Gasteiger partial charge on any atom is 0.124 e. The molecule has 0 amide bonds. The monoisotopic (exact) mass is 287 g/mol. The molecule has 0 bridgehead atoms. The van der Waals surface area contributed by atoms with Crippen molar-refractivity contribution < 1.29 is 4.74 Å². The number of aryl methyl sites for hydroxylation is 1. The number of rotatable bonds is 3. The van der Waals surface area contributed by atoms with Crippen LogP contribution in [0.2, 0.25) is 0 Å². The van der Waals surface area contributed by atoms with E-state index in [1.54, 1.807) is 0 Å². The van der Waals surface area contributed by atoms with E-state index in [0.717, 1.165) is 24.6 Å². The van der Waals surface area contributed by atoms with Crippen molar-refractivity contribution in [2.24, 2.45) is 5.92 Å². The Labute approximate surface area is 129 Å². The molecular weight excluding hydrogens is 258 g/mol. The lowest BCUT2D eigenvalue weighted by atomic mass is 9.73. The highest BCUT2D eigenvalue weighted by atomic mass is 16.5. The van der Waals surface area contributed by atoms with E-state index >= 15 is 0 Å². The van der Waals surface area contributed by atoms with Crippen molar-refractivity contribution in [2.45, 2.75) is 70.9 Å². The number of hydrogen-bond donors (Lipinski definition) is 1. The van der Waals surface area contributed by atoms with E-state index in [9.17, 15) is 0 Å². The quantitative estimate of drug-likeness (QED) is 0.865. The maximum atomic E-state index is 6.54. The molecule has 1 heterocycles. The van der Waals surface area contributed by atoms with E-state index < -0.39 is 0 Å². The molecule has 1 aromatic rings. The first-order chi connectivity index (χ1) is 10.2. The third-order valence-corrected chi connectivity index (χ3v) is 5.49. The Morgan fingerprint density at radius 3 is 2.67 bits per heavy atom. The number of nitrogens with one attached hydrogen (secondary N) is 1. The predicted molar refractivity (Wildman–Crippen MR) is 87.8 cm³/mol. The number of hydrogen-bond acceptors (Lipinski definition) is 2. The molecule has 21 heavy (non-hydrogen) atoms. The molecule has 1 fully saturated rings. The molecule has 1 unspecified atom stereocenters. The molecule has 3 rings (SSSR count). The maximum absolute atomic E-state index is 6.54. The standard InChI is InChI=1S/C19H29NO/c1-4-15-8-10-19(11-9-15)13-17(20-5-2)16-12-14(3)6-7-18(16)21-19/h6-7,12,15,17,20H,4-5,8-11,13H2,1-3H3. The van der Waals surface area contributed by atoms with Gasteiger partial charge in [0.1, 0.15) is 11.4 Å². The molecule has 1 atom stereocenters. The van der Waals surface area contributed by atoms with Crippen LogP contribution in [0, 0.1) is 12.8 Å². The van der Waals surface area contributed by atoms with Gasteiger partial charge in [-0.1, -0.05) is 38.0 Å². The fraction of sp³-hybridized carbons (Fsp3) is 0.684. The normalized spacial score (nSPS) is 31.8. The molecule has 116 valence electrons. The first kappa shape index (κ1) is 14.9. The zero-order valence-corrected chi connectivity index (χ0v) is 13.7. The highest BCUT2D eigenvalue weighted by molar-refractivity contribution is 5.41. The Hall–Kier alpha value is -1.02. The molecule has 0 radical (unpaired) electrons. The third kappa shape index (κ3) is 2.96. The van der Waals surface area contributed by atoms with Crippen LogP contribution in [0.4, 0.5) is 0 Å². The topological polar surface area (TPSA) is 21.3 Å². The van der Waals surface area contributed by atoms with Gasteiger partial charge in [0.05, 0.1) is 0 Å². The Bertz CT molecular complexity index is 488. The molecule has 1 saturated carbocycles. The van der Waals surface area contributed by atoms with E-state index in [1.807, 2.05) is 0 Å². The average Bonchev–Trinajstić information content (AvgIpc) is 2.49. The lowest BCUT2D eigenvalue weighted by Gasteiger charge is -2.46. The smallest absolute Gasteiger partial charge is 0.124 e. The second-order valence-corrected chi connectivity index (χ2v) is 6.99. The Morgan fingerprint density at radius 1 is 1.24 bits per heavy atom. The van der Waals surface area contributed by atoms with Crippen molar-refractivity contribution in [3.8, 4) is 5.75 Å². The highest BCUT2D eigenvalue weighted by Gasteiger charge is 2.43. The summed E-state index contributed by atoms with van der Waals surface area (Å²) in [6, 6.07) is 7.12. The first-order valence-electron chi connectivity index (χ1n) is 8.69. The van der Waals surface area contributed by atoms with Crippen LogP contribution in [0.15, 0.2) is 18.2 Å². The van der Waals surface area contributed by atoms with Crippen molar-refractivity contribution in [2.75, 3.05) is 6.54 Å². The van der Waals surface area contributed by atoms with Crippen LogP contribution < -0.4 is 10.1 Å². The second kappa shape index (κ2) is 6.00. The van der Waals surface area contributed by atoms with Gasteiger partial charge in [0.15, 0.2) is 0 Å². The first-order valence-corrected chi connectivity index (χ1v) is 8.69. The van der Waals surface area contributed by atoms with Crippen LogP contribution in [-0.4, -0.2) is 12.1 Å². The molecule has 1 aromatic carbocycles. The van der Waals surface area contributed by atoms with E-state index in [-0.39, 0.29) is 5.60 Å². The highest BCUT2D eigenvalue weighted by Crippen LogP contribution is 2.47. The van der Waals surface area contributed by atoms with E-state index in [2.05, 4.69) is 44.3 Å². The summed E-state index contributed by atoms with van der Waals surface area (Å²) < 4.78 is 6.54. The Kier molecular flexibility index (Phi) is 4.26. The lowest BCUT2D eigenvalue weighted by molar-refractivity contribution is -0.0149. The van der Waals surface area contributed by atoms with Gasteiger partial charge in [0.25, 0.3) is 0 Å². The van der Waals surface area contributed by atoms with Crippen LogP contribution in [0.3, 0.4) is 0 Å². The molecule has 2 nitrogen and oxygen atoms in total. The molecule has 0 saturated heterocycles. The number of fused-ring (bicyclic) bond motifs is 1. The van der Waals surface area contributed by atoms with Crippen molar-refractivity contribution in [3.05, 3.63) is 29.3 Å². The summed E-state index contributed by atoms with van der Waals surface area (Å²) in [6.07, 6.45) is 7.56. The van der Waals surface area contributed by atoms with Crippen molar-refractivity contribution >= 4 is 0 Å². The van der Waals surface area contributed by atoms with E-state index in [0.29, 0.717) is 6.04 Å². The van der Waals surface area contributed by atoms with Gasteiger partial charge in [0, 0.05) is 18.0 Å². The summed E-state index contributed by atoms with van der Waals surface area (Å²) >= 11 is 0. The van der Waals surface area contributed by atoms with Gasteiger partial charge in [-0.25, -0.2) is 0 Å². The summed E-state index contributed by atoms with van der Waals surface area (Å²) in [5.41, 5.74) is 2.77. The van der Waals surface area contributed by atoms with Crippen molar-refractivity contribution in [3.63, 3.8) is 0 Å². The zero-order valence-electron chi connectivity index (χ0n) is 13.7. The van der Waals surface area contributed by atoms with Gasteiger partial charge in [-0.15, -0.1) is 0 Å². The summed E-state index contributed by atoms with van der Waals surface area (Å²) in [7, 11) is 0. The second-order valence-electron chi connectivity index (χ2n) is 6.99. The lowest BCUT2D eigenvalue weighted by Crippen LogP contribution is -2.46. The van der Waals surface area contributed by atoms with Crippen LogP contribution in [0.1, 0.15) is 69.5 Å². The van der Waals surface area contributed by atoms with Gasteiger partial charge < -0.3 is 10.1 Å². The molecule has 1 aliphatic carbocycles. The number of benzene rings is 1. The van der Waals surface area contributed by atoms with Gasteiger partial charge in [-0.05, 0) is 51.1 Å². The summed E-state index contributed by atoms with van der Waals surface area (Å²) in [4.78, 5) is 0. The SMILES string of the molecule is CCNC1CC2(CCC(CC)CC2)Oc2ccc(C)cc21. The predicted octanol–water partition coefficient (Wildman–Crippen LogP) is 4.77. The van der Waals surface area contributed by atoms with Crippen molar-refractivity contribution in [1.29, 1.82) is 0 Å². The Morgan fingerprint density at radius 2 is 2.00 bits per heavy atom. The minimum absolute atomic E-state index is 0.0841. The molecule has 2 aliphatic rings. The molecular formula is C19H29NO. The average molecular weight is 287 g/mol. The molecule has 2 heteroatoms.